The first-order valence-corrected chi connectivity index (χ1v) is 6.81. The molecular formula is C11H24N2OS. The van der Waals surface area contributed by atoms with Crippen molar-refractivity contribution in [3.63, 3.8) is 0 Å². The number of hydrogen-bond donors (Lipinski definition) is 1. The Bertz CT molecular complexity index is 191. The van der Waals surface area contributed by atoms with E-state index in [1.807, 2.05) is 11.8 Å². The SMILES string of the molecule is CCN(CCOC)C1(CN)CCSC1C. The van der Waals surface area contributed by atoms with Crippen LogP contribution < -0.4 is 5.73 Å². The van der Waals surface area contributed by atoms with Gasteiger partial charge in [-0.3, -0.25) is 4.90 Å². The molecule has 1 fully saturated rings. The van der Waals surface area contributed by atoms with Gasteiger partial charge in [0, 0.05) is 31.0 Å². The van der Waals surface area contributed by atoms with Crippen molar-refractivity contribution in [2.75, 3.05) is 39.1 Å². The van der Waals surface area contributed by atoms with Crippen LogP contribution in [-0.4, -0.2) is 54.8 Å². The zero-order valence-corrected chi connectivity index (χ0v) is 11.0. The van der Waals surface area contributed by atoms with Gasteiger partial charge in [0.15, 0.2) is 0 Å². The van der Waals surface area contributed by atoms with Crippen LogP contribution >= 0.6 is 11.8 Å². The third-order valence-electron chi connectivity index (χ3n) is 3.59. The summed E-state index contributed by atoms with van der Waals surface area (Å²) in [7, 11) is 1.76. The van der Waals surface area contributed by atoms with Gasteiger partial charge in [0.05, 0.1) is 6.61 Å². The highest BCUT2D eigenvalue weighted by atomic mass is 32.2. The van der Waals surface area contributed by atoms with E-state index in [1.165, 1.54) is 12.2 Å². The molecule has 4 heteroatoms. The molecule has 0 aromatic heterocycles. The zero-order chi connectivity index (χ0) is 11.3. The van der Waals surface area contributed by atoms with Crippen molar-refractivity contribution < 1.29 is 4.74 Å². The molecule has 1 saturated heterocycles. The molecule has 1 aliphatic rings. The summed E-state index contributed by atoms with van der Waals surface area (Å²) >= 11 is 2.04. The van der Waals surface area contributed by atoms with Gasteiger partial charge in [0.25, 0.3) is 0 Å². The Labute approximate surface area is 97.7 Å². The number of likely N-dealkylation sites (N-methyl/N-ethyl adjacent to an activating group) is 1. The van der Waals surface area contributed by atoms with Gasteiger partial charge in [-0.25, -0.2) is 0 Å². The fraction of sp³-hybridized carbons (Fsp3) is 1.00. The molecule has 1 heterocycles. The fourth-order valence-corrected chi connectivity index (χ4v) is 3.98. The molecule has 1 aliphatic heterocycles. The van der Waals surface area contributed by atoms with Gasteiger partial charge in [0.2, 0.25) is 0 Å². The first kappa shape index (κ1) is 13.3. The van der Waals surface area contributed by atoms with Crippen LogP contribution in [0.5, 0.6) is 0 Å². The number of hydrogen-bond acceptors (Lipinski definition) is 4. The predicted octanol–water partition coefficient (Wildman–Crippen LogP) is 1.18. The van der Waals surface area contributed by atoms with Crippen LogP contribution in [0.25, 0.3) is 0 Å². The Balaban J connectivity index is 2.68. The minimum absolute atomic E-state index is 0.206. The standard InChI is InChI=1S/C11H24N2OS/c1-4-13(6-7-14-3)11(9-12)5-8-15-10(11)2/h10H,4-9,12H2,1-3H3. The van der Waals surface area contributed by atoms with Crippen molar-refractivity contribution in [2.24, 2.45) is 5.73 Å². The maximum absolute atomic E-state index is 6.01. The van der Waals surface area contributed by atoms with Gasteiger partial charge in [-0.15, -0.1) is 0 Å². The van der Waals surface area contributed by atoms with Crippen LogP contribution in [0.4, 0.5) is 0 Å². The molecule has 0 bridgehead atoms. The molecule has 2 atom stereocenters. The fourth-order valence-electron chi connectivity index (χ4n) is 2.48. The summed E-state index contributed by atoms with van der Waals surface area (Å²) in [5.41, 5.74) is 6.22. The van der Waals surface area contributed by atoms with Crippen LogP contribution in [0.15, 0.2) is 0 Å². The third kappa shape index (κ3) is 2.67. The average molecular weight is 232 g/mol. The first-order chi connectivity index (χ1) is 7.21. The van der Waals surface area contributed by atoms with Crippen molar-refractivity contribution in [2.45, 2.75) is 31.1 Å². The summed E-state index contributed by atoms with van der Waals surface area (Å²) < 4.78 is 5.17. The second-order valence-corrected chi connectivity index (χ2v) is 5.59. The first-order valence-electron chi connectivity index (χ1n) is 5.77. The Hall–Kier alpha value is 0.230. The molecule has 0 radical (unpaired) electrons. The van der Waals surface area contributed by atoms with Gasteiger partial charge >= 0.3 is 0 Å². The van der Waals surface area contributed by atoms with E-state index in [-0.39, 0.29) is 5.54 Å². The Morgan fingerprint density at radius 1 is 1.60 bits per heavy atom. The molecule has 15 heavy (non-hydrogen) atoms. The van der Waals surface area contributed by atoms with Crippen LogP contribution in [-0.2, 0) is 4.74 Å². The van der Waals surface area contributed by atoms with E-state index in [1.54, 1.807) is 7.11 Å². The molecule has 0 saturated carbocycles. The summed E-state index contributed by atoms with van der Waals surface area (Å²) in [5, 5.41) is 0.638. The number of thioether (sulfide) groups is 1. The maximum atomic E-state index is 6.01. The molecule has 90 valence electrons. The lowest BCUT2D eigenvalue weighted by atomic mass is 9.90. The average Bonchev–Trinajstić information content (AvgIpc) is 2.62. The quantitative estimate of drug-likeness (QED) is 0.746. The highest BCUT2D eigenvalue weighted by Crippen LogP contribution is 2.39. The molecular weight excluding hydrogens is 208 g/mol. The van der Waals surface area contributed by atoms with Crippen molar-refractivity contribution in [3.05, 3.63) is 0 Å². The van der Waals surface area contributed by atoms with Crippen molar-refractivity contribution in [3.8, 4) is 0 Å². The van der Waals surface area contributed by atoms with E-state index in [0.29, 0.717) is 5.25 Å². The Morgan fingerprint density at radius 2 is 2.33 bits per heavy atom. The van der Waals surface area contributed by atoms with Gasteiger partial charge < -0.3 is 10.5 Å². The monoisotopic (exact) mass is 232 g/mol. The summed E-state index contributed by atoms with van der Waals surface area (Å²) in [4.78, 5) is 2.50. The van der Waals surface area contributed by atoms with Crippen LogP contribution in [0.3, 0.4) is 0 Å². The molecule has 0 aromatic carbocycles. The summed E-state index contributed by atoms with van der Waals surface area (Å²) in [6.45, 7) is 8.13. The minimum Gasteiger partial charge on any atom is -0.383 e. The number of ether oxygens (including phenoxy) is 1. The maximum Gasteiger partial charge on any atom is 0.0589 e. The van der Waals surface area contributed by atoms with Crippen LogP contribution in [0.2, 0.25) is 0 Å². The summed E-state index contributed by atoms with van der Waals surface area (Å²) in [6, 6.07) is 0. The lowest BCUT2D eigenvalue weighted by Gasteiger charge is -2.42. The molecule has 3 nitrogen and oxygen atoms in total. The lowest BCUT2D eigenvalue weighted by molar-refractivity contribution is 0.0670. The molecule has 0 amide bonds. The number of nitrogens with two attached hydrogens (primary N) is 1. The summed E-state index contributed by atoms with van der Waals surface area (Å²) in [5.74, 6) is 1.24. The van der Waals surface area contributed by atoms with Crippen molar-refractivity contribution in [1.82, 2.24) is 4.90 Å². The van der Waals surface area contributed by atoms with E-state index < -0.39 is 0 Å². The van der Waals surface area contributed by atoms with E-state index >= 15 is 0 Å². The van der Waals surface area contributed by atoms with E-state index in [4.69, 9.17) is 10.5 Å². The number of nitrogens with zero attached hydrogens (tertiary/aromatic N) is 1. The number of rotatable bonds is 6. The smallest absolute Gasteiger partial charge is 0.0589 e. The molecule has 1 rings (SSSR count). The molecule has 0 aromatic rings. The predicted molar refractivity (Wildman–Crippen MR) is 67.4 cm³/mol. The Morgan fingerprint density at radius 3 is 2.73 bits per heavy atom. The highest BCUT2D eigenvalue weighted by molar-refractivity contribution is 8.00. The van der Waals surface area contributed by atoms with Crippen LogP contribution in [0, 0.1) is 0 Å². The molecule has 0 aliphatic carbocycles. The van der Waals surface area contributed by atoms with Crippen molar-refractivity contribution >= 4 is 11.8 Å². The van der Waals surface area contributed by atoms with Gasteiger partial charge in [-0.2, -0.15) is 11.8 Å². The van der Waals surface area contributed by atoms with E-state index in [9.17, 15) is 0 Å². The molecule has 2 unspecified atom stereocenters. The second kappa shape index (κ2) is 6.09. The van der Waals surface area contributed by atoms with Gasteiger partial charge in [0.1, 0.15) is 0 Å². The van der Waals surface area contributed by atoms with E-state index in [0.717, 1.165) is 26.2 Å². The highest BCUT2D eigenvalue weighted by Gasteiger charge is 2.43. The normalized spacial score (nSPS) is 31.4. The van der Waals surface area contributed by atoms with Gasteiger partial charge in [-0.05, 0) is 18.7 Å². The zero-order valence-electron chi connectivity index (χ0n) is 10.2. The van der Waals surface area contributed by atoms with E-state index in [2.05, 4.69) is 18.7 Å². The van der Waals surface area contributed by atoms with Gasteiger partial charge in [-0.1, -0.05) is 13.8 Å². The molecule has 2 N–H and O–H groups in total. The lowest BCUT2D eigenvalue weighted by Crippen LogP contribution is -2.58. The van der Waals surface area contributed by atoms with Crippen molar-refractivity contribution in [1.29, 1.82) is 0 Å². The summed E-state index contributed by atoms with van der Waals surface area (Å²) in [6.07, 6.45) is 1.22. The minimum atomic E-state index is 0.206. The Kier molecular flexibility index (Phi) is 5.39. The largest absolute Gasteiger partial charge is 0.383 e. The molecule has 0 spiro atoms. The third-order valence-corrected chi connectivity index (χ3v) is 4.97. The number of methoxy groups -OCH3 is 1. The second-order valence-electron chi connectivity index (χ2n) is 4.14. The van der Waals surface area contributed by atoms with Crippen LogP contribution in [0.1, 0.15) is 20.3 Å². The topological polar surface area (TPSA) is 38.5 Å².